The standard InChI is InChI=1S/C19H24F3N3O/c1-4-18(26)25(11-14(2)3)13-17-23-8-9-24(17)12-15-6-5-7-16(10-15)19(20,21)22/h5-10,14H,4,11-13H2,1-3H3. The number of aromatic nitrogens is 2. The SMILES string of the molecule is CCC(=O)N(Cc1nccn1Cc1cccc(C(F)(F)F)c1)CC(C)C. The fraction of sp³-hybridized carbons (Fsp3) is 0.474. The Bertz CT molecular complexity index is 738. The summed E-state index contributed by atoms with van der Waals surface area (Å²) < 4.78 is 40.4. The van der Waals surface area contributed by atoms with Crippen molar-refractivity contribution in [1.29, 1.82) is 0 Å². The van der Waals surface area contributed by atoms with Gasteiger partial charge >= 0.3 is 6.18 Å². The van der Waals surface area contributed by atoms with Gasteiger partial charge in [0.15, 0.2) is 0 Å². The summed E-state index contributed by atoms with van der Waals surface area (Å²) in [7, 11) is 0. The van der Waals surface area contributed by atoms with Crippen LogP contribution < -0.4 is 0 Å². The van der Waals surface area contributed by atoms with Crippen molar-refractivity contribution >= 4 is 5.91 Å². The Morgan fingerprint density at radius 3 is 2.65 bits per heavy atom. The van der Waals surface area contributed by atoms with Crippen molar-refractivity contribution in [2.75, 3.05) is 6.54 Å². The molecular formula is C19H24F3N3O. The van der Waals surface area contributed by atoms with Gasteiger partial charge in [0, 0.05) is 31.9 Å². The lowest BCUT2D eigenvalue weighted by Gasteiger charge is -2.24. The number of carbonyl (C=O) groups excluding carboxylic acids is 1. The predicted molar refractivity (Wildman–Crippen MR) is 93.3 cm³/mol. The van der Waals surface area contributed by atoms with Crippen LogP contribution in [0.15, 0.2) is 36.7 Å². The molecule has 0 N–H and O–H groups in total. The smallest absolute Gasteiger partial charge is 0.335 e. The molecule has 0 aliphatic heterocycles. The summed E-state index contributed by atoms with van der Waals surface area (Å²) in [6.07, 6.45) is -0.636. The summed E-state index contributed by atoms with van der Waals surface area (Å²) in [5, 5.41) is 0. The molecule has 0 aliphatic rings. The van der Waals surface area contributed by atoms with E-state index in [9.17, 15) is 18.0 Å². The van der Waals surface area contributed by atoms with Gasteiger partial charge in [0.2, 0.25) is 5.91 Å². The summed E-state index contributed by atoms with van der Waals surface area (Å²) in [6, 6.07) is 5.26. The molecule has 0 saturated heterocycles. The van der Waals surface area contributed by atoms with Crippen molar-refractivity contribution < 1.29 is 18.0 Å². The van der Waals surface area contributed by atoms with Crippen LogP contribution in [-0.2, 0) is 24.1 Å². The Hall–Kier alpha value is -2.31. The van der Waals surface area contributed by atoms with Crippen molar-refractivity contribution in [2.45, 2.75) is 46.5 Å². The topological polar surface area (TPSA) is 38.1 Å². The van der Waals surface area contributed by atoms with Gasteiger partial charge in [0.05, 0.1) is 12.1 Å². The first-order valence-electron chi connectivity index (χ1n) is 8.64. The average Bonchev–Trinajstić information content (AvgIpc) is 2.99. The van der Waals surface area contributed by atoms with Crippen LogP contribution in [0.3, 0.4) is 0 Å². The van der Waals surface area contributed by atoms with E-state index >= 15 is 0 Å². The fourth-order valence-electron chi connectivity index (χ4n) is 2.77. The normalized spacial score (nSPS) is 11.8. The number of alkyl halides is 3. The van der Waals surface area contributed by atoms with Crippen LogP contribution in [-0.4, -0.2) is 26.9 Å². The molecule has 0 saturated carbocycles. The summed E-state index contributed by atoms with van der Waals surface area (Å²) >= 11 is 0. The Morgan fingerprint density at radius 1 is 1.31 bits per heavy atom. The van der Waals surface area contributed by atoms with Gasteiger partial charge in [0.1, 0.15) is 5.82 Å². The highest BCUT2D eigenvalue weighted by Crippen LogP contribution is 2.29. The van der Waals surface area contributed by atoms with Gasteiger partial charge in [-0.15, -0.1) is 0 Å². The third kappa shape index (κ3) is 5.34. The predicted octanol–water partition coefficient (Wildman–Crippen LogP) is 4.34. The molecule has 0 atom stereocenters. The quantitative estimate of drug-likeness (QED) is 0.730. The van der Waals surface area contributed by atoms with Crippen LogP contribution in [0.2, 0.25) is 0 Å². The summed E-state index contributed by atoms with van der Waals surface area (Å²) in [5.74, 6) is 1.01. The third-order valence-corrected chi connectivity index (χ3v) is 3.98. The van der Waals surface area contributed by atoms with Gasteiger partial charge in [-0.25, -0.2) is 4.98 Å². The zero-order valence-electron chi connectivity index (χ0n) is 15.3. The van der Waals surface area contributed by atoms with Crippen molar-refractivity contribution in [3.8, 4) is 0 Å². The van der Waals surface area contributed by atoms with Crippen LogP contribution >= 0.6 is 0 Å². The summed E-state index contributed by atoms with van der Waals surface area (Å²) in [4.78, 5) is 18.2. The molecule has 0 spiro atoms. The molecule has 4 nitrogen and oxygen atoms in total. The lowest BCUT2D eigenvalue weighted by molar-refractivity contribution is -0.137. The molecule has 1 amide bonds. The number of carbonyl (C=O) groups is 1. The summed E-state index contributed by atoms with van der Waals surface area (Å²) in [5.41, 5.74) is -0.129. The number of rotatable bonds is 7. The molecule has 0 radical (unpaired) electrons. The molecule has 0 aliphatic carbocycles. The third-order valence-electron chi connectivity index (χ3n) is 3.98. The molecule has 0 unspecified atom stereocenters. The molecule has 2 rings (SSSR count). The maximum absolute atomic E-state index is 12.9. The van der Waals surface area contributed by atoms with Crippen molar-refractivity contribution in [3.05, 3.63) is 53.6 Å². The van der Waals surface area contributed by atoms with E-state index in [1.807, 2.05) is 20.8 Å². The Kier molecular flexibility index (Phi) is 6.45. The monoisotopic (exact) mass is 367 g/mol. The van der Waals surface area contributed by atoms with Gasteiger partial charge in [-0.3, -0.25) is 4.79 Å². The maximum Gasteiger partial charge on any atom is 0.416 e. The largest absolute Gasteiger partial charge is 0.416 e. The second-order valence-corrected chi connectivity index (χ2v) is 6.69. The van der Waals surface area contributed by atoms with Crippen LogP contribution in [0.1, 0.15) is 44.1 Å². The first-order chi connectivity index (χ1) is 12.2. The first-order valence-corrected chi connectivity index (χ1v) is 8.64. The molecule has 142 valence electrons. The van der Waals surface area contributed by atoms with Gasteiger partial charge < -0.3 is 9.47 Å². The highest BCUT2D eigenvalue weighted by molar-refractivity contribution is 5.75. The van der Waals surface area contributed by atoms with Crippen molar-refractivity contribution in [3.63, 3.8) is 0 Å². The molecule has 0 bridgehead atoms. The minimum atomic E-state index is -4.37. The lowest BCUT2D eigenvalue weighted by atomic mass is 10.1. The van der Waals surface area contributed by atoms with E-state index in [0.29, 0.717) is 36.8 Å². The second kappa shape index (κ2) is 8.38. The zero-order chi connectivity index (χ0) is 19.3. The van der Waals surface area contributed by atoms with Crippen molar-refractivity contribution in [2.24, 2.45) is 5.92 Å². The van der Waals surface area contributed by atoms with Crippen LogP contribution in [0, 0.1) is 5.92 Å². The van der Waals surface area contributed by atoms with E-state index < -0.39 is 11.7 Å². The zero-order valence-corrected chi connectivity index (χ0v) is 15.3. The van der Waals surface area contributed by atoms with Crippen molar-refractivity contribution in [1.82, 2.24) is 14.5 Å². The van der Waals surface area contributed by atoms with E-state index in [2.05, 4.69) is 4.98 Å². The molecule has 1 heterocycles. The average molecular weight is 367 g/mol. The highest BCUT2D eigenvalue weighted by atomic mass is 19.4. The molecule has 1 aromatic heterocycles. The van der Waals surface area contributed by atoms with E-state index in [1.54, 1.807) is 27.9 Å². The Morgan fingerprint density at radius 2 is 2.04 bits per heavy atom. The fourth-order valence-corrected chi connectivity index (χ4v) is 2.77. The number of halogens is 3. The van der Waals surface area contributed by atoms with Crippen LogP contribution in [0.5, 0.6) is 0 Å². The van der Waals surface area contributed by atoms with Gasteiger partial charge in [-0.1, -0.05) is 32.9 Å². The number of amides is 1. The molecule has 1 aromatic carbocycles. The van der Waals surface area contributed by atoms with Crippen LogP contribution in [0.4, 0.5) is 13.2 Å². The molecule has 7 heteroatoms. The first kappa shape index (κ1) is 20.0. The summed E-state index contributed by atoms with van der Waals surface area (Å²) in [6.45, 7) is 7.11. The number of hydrogen-bond donors (Lipinski definition) is 0. The number of nitrogens with zero attached hydrogens (tertiary/aromatic N) is 3. The van der Waals surface area contributed by atoms with Gasteiger partial charge in [-0.05, 0) is 23.6 Å². The molecule has 26 heavy (non-hydrogen) atoms. The van der Waals surface area contributed by atoms with Gasteiger partial charge in [0.25, 0.3) is 0 Å². The Labute approximate surface area is 151 Å². The van der Waals surface area contributed by atoms with E-state index in [1.165, 1.54) is 6.07 Å². The van der Waals surface area contributed by atoms with Crippen LogP contribution in [0.25, 0.3) is 0 Å². The lowest BCUT2D eigenvalue weighted by Crippen LogP contribution is -2.34. The maximum atomic E-state index is 12.9. The van der Waals surface area contributed by atoms with E-state index in [4.69, 9.17) is 0 Å². The Balaban J connectivity index is 2.19. The van der Waals surface area contributed by atoms with E-state index in [0.717, 1.165) is 12.1 Å². The second-order valence-electron chi connectivity index (χ2n) is 6.69. The number of hydrogen-bond acceptors (Lipinski definition) is 2. The minimum Gasteiger partial charge on any atom is -0.335 e. The molecular weight excluding hydrogens is 343 g/mol. The molecule has 2 aromatic rings. The van der Waals surface area contributed by atoms with Gasteiger partial charge in [-0.2, -0.15) is 13.2 Å². The highest BCUT2D eigenvalue weighted by Gasteiger charge is 2.30. The number of imidazole rings is 1. The van der Waals surface area contributed by atoms with E-state index in [-0.39, 0.29) is 12.5 Å². The number of benzene rings is 1. The molecule has 0 fully saturated rings. The minimum absolute atomic E-state index is 0.0346.